The predicted octanol–water partition coefficient (Wildman–Crippen LogP) is 3.73. The number of methoxy groups -OCH3 is 1. The standard InChI is InChI=1S/C28H37Cl2F2N3O4/c1-27(2,15-39-4)13-22-28(33-3,19-9-8-16(29)12-21(19)31)23(18-6-5-7-20(30)24(18)32)25(35-22)26(38)34-11-10-17(37)14-36/h5-9,12,17,22-23,25,33,35-37H,10-11,13-15H2,1-4H3,(H,34,38). The van der Waals surface area contributed by atoms with Crippen molar-refractivity contribution in [3.8, 4) is 0 Å². The fourth-order valence-corrected chi connectivity index (χ4v) is 6.11. The van der Waals surface area contributed by atoms with Gasteiger partial charge in [0.15, 0.2) is 0 Å². The maximum Gasteiger partial charge on any atom is 0.237 e. The molecule has 1 aliphatic rings. The summed E-state index contributed by atoms with van der Waals surface area (Å²) >= 11 is 12.3. The Labute approximate surface area is 238 Å². The number of halogens is 4. The number of aliphatic hydroxyl groups excluding tert-OH is 2. The molecule has 11 heteroatoms. The fraction of sp³-hybridized carbons (Fsp3) is 0.536. The van der Waals surface area contributed by atoms with E-state index in [1.807, 2.05) is 13.8 Å². The zero-order valence-corrected chi connectivity index (χ0v) is 24.0. The number of carbonyl (C=O) groups is 1. The molecule has 5 N–H and O–H groups in total. The Morgan fingerprint density at radius 3 is 2.59 bits per heavy atom. The van der Waals surface area contributed by atoms with Gasteiger partial charge in [0.25, 0.3) is 0 Å². The molecular weight excluding hydrogens is 551 g/mol. The number of hydrogen-bond donors (Lipinski definition) is 5. The molecule has 0 bridgehead atoms. The van der Waals surface area contributed by atoms with Crippen molar-refractivity contribution in [2.24, 2.45) is 5.41 Å². The summed E-state index contributed by atoms with van der Waals surface area (Å²) in [6.07, 6.45) is -0.446. The summed E-state index contributed by atoms with van der Waals surface area (Å²) in [5.74, 6) is -2.73. The number of benzene rings is 2. The maximum atomic E-state index is 15.8. The highest BCUT2D eigenvalue weighted by Crippen LogP contribution is 2.51. The van der Waals surface area contributed by atoms with Gasteiger partial charge in [0.05, 0.1) is 35.9 Å². The van der Waals surface area contributed by atoms with E-state index in [1.165, 1.54) is 12.1 Å². The molecule has 1 fully saturated rings. The van der Waals surface area contributed by atoms with Gasteiger partial charge >= 0.3 is 0 Å². The van der Waals surface area contributed by atoms with Crippen molar-refractivity contribution in [2.75, 3.05) is 33.9 Å². The van der Waals surface area contributed by atoms with Crippen LogP contribution in [0.15, 0.2) is 36.4 Å². The third kappa shape index (κ3) is 6.73. The molecule has 1 saturated heterocycles. The predicted molar refractivity (Wildman–Crippen MR) is 148 cm³/mol. The molecule has 39 heavy (non-hydrogen) atoms. The van der Waals surface area contributed by atoms with Crippen molar-refractivity contribution in [1.82, 2.24) is 16.0 Å². The van der Waals surface area contributed by atoms with E-state index in [1.54, 1.807) is 38.4 Å². The minimum absolute atomic E-state index is 0.0746. The monoisotopic (exact) mass is 587 g/mol. The SMILES string of the molecule is CNC1(c2ccc(Cl)cc2F)C(CC(C)(C)COC)NC(C(=O)NCCC(O)CO)C1c1cccc(Cl)c1F. The molecular formula is C28H37Cl2F2N3O4. The van der Waals surface area contributed by atoms with Crippen LogP contribution in [-0.2, 0) is 15.1 Å². The molecule has 1 aliphatic heterocycles. The highest BCUT2D eigenvalue weighted by Gasteiger charge is 2.60. The lowest BCUT2D eigenvalue weighted by Crippen LogP contribution is -2.54. The first-order chi connectivity index (χ1) is 18.4. The van der Waals surface area contributed by atoms with Gasteiger partial charge in [-0.2, -0.15) is 0 Å². The topological polar surface area (TPSA) is 103 Å². The molecule has 5 atom stereocenters. The van der Waals surface area contributed by atoms with E-state index < -0.39 is 59.2 Å². The maximum absolute atomic E-state index is 15.8. The fourth-order valence-electron chi connectivity index (χ4n) is 5.77. The van der Waals surface area contributed by atoms with Gasteiger partial charge in [-0.05, 0) is 49.1 Å². The van der Waals surface area contributed by atoms with Gasteiger partial charge in [0.2, 0.25) is 5.91 Å². The van der Waals surface area contributed by atoms with Crippen molar-refractivity contribution >= 4 is 29.1 Å². The first-order valence-electron chi connectivity index (χ1n) is 12.8. The summed E-state index contributed by atoms with van der Waals surface area (Å²) in [4.78, 5) is 13.7. The minimum atomic E-state index is -1.32. The smallest absolute Gasteiger partial charge is 0.237 e. The van der Waals surface area contributed by atoms with Crippen molar-refractivity contribution in [2.45, 2.75) is 56.3 Å². The number of likely N-dealkylation sites (N-methyl/N-ethyl adjacent to an activating group) is 1. The summed E-state index contributed by atoms with van der Waals surface area (Å²) in [7, 11) is 3.24. The van der Waals surface area contributed by atoms with Crippen LogP contribution in [-0.4, -0.2) is 68.2 Å². The Balaban J connectivity index is 2.23. The van der Waals surface area contributed by atoms with Crippen molar-refractivity contribution in [3.05, 3.63) is 69.2 Å². The Kier molecular flexibility index (Phi) is 10.7. The summed E-state index contributed by atoms with van der Waals surface area (Å²) in [6.45, 7) is 4.01. The second kappa shape index (κ2) is 13.2. The van der Waals surface area contributed by atoms with Crippen LogP contribution in [0.3, 0.4) is 0 Å². The molecule has 0 spiro atoms. The minimum Gasteiger partial charge on any atom is -0.394 e. The number of aliphatic hydroxyl groups is 2. The molecule has 2 aromatic rings. The lowest BCUT2D eigenvalue weighted by molar-refractivity contribution is -0.123. The van der Waals surface area contributed by atoms with Gasteiger partial charge in [-0.15, -0.1) is 0 Å². The van der Waals surface area contributed by atoms with Gasteiger partial charge in [0.1, 0.15) is 11.6 Å². The van der Waals surface area contributed by atoms with E-state index in [-0.39, 0.29) is 34.1 Å². The third-order valence-electron chi connectivity index (χ3n) is 7.42. The van der Waals surface area contributed by atoms with E-state index in [4.69, 9.17) is 33.0 Å². The first-order valence-corrected chi connectivity index (χ1v) is 13.6. The number of ether oxygens (including phenoxy) is 1. The van der Waals surface area contributed by atoms with E-state index >= 15 is 8.78 Å². The molecule has 1 heterocycles. The number of hydrogen-bond acceptors (Lipinski definition) is 6. The zero-order chi connectivity index (χ0) is 29.0. The summed E-state index contributed by atoms with van der Waals surface area (Å²) in [5.41, 5.74) is -1.37. The Bertz CT molecular complexity index is 1160. The van der Waals surface area contributed by atoms with Crippen LogP contribution in [0.5, 0.6) is 0 Å². The van der Waals surface area contributed by atoms with Crippen LogP contribution in [0.2, 0.25) is 10.0 Å². The molecule has 0 radical (unpaired) electrons. The van der Waals surface area contributed by atoms with Gasteiger partial charge < -0.3 is 30.9 Å². The molecule has 1 amide bonds. The Morgan fingerprint density at radius 1 is 1.26 bits per heavy atom. The summed E-state index contributed by atoms with van der Waals surface area (Å²) in [6, 6.07) is 7.27. The Hall–Kier alpha value is -1.85. The third-order valence-corrected chi connectivity index (χ3v) is 7.95. The highest BCUT2D eigenvalue weighted by atomic mass is 35.5. The van der Waals surface area contributed by atoms with Crippen molar-refractivity contribution in [3.63, 3.8) is 0 Å². The van der Waals surface area contributed by atoms with Crippen molar-refractivity contribution < 1.29 is 28.5 Å². The second-order valence-electron chi connectivity index (χ2n) is 10.8. The zero-order valence-electron chi connectivity index (χ0n) is 22.5. The molecule has 7 nitrogen and oxygen atoms in total. The molecule has 2 aromatic carbocycles. The molecule has 3 rings (SSSR count). The number of amides is 1. The number of rotatable bonds is 12. The molecule has 216 valence electrons. The van der Waals surface area contributed by atoms with Gasteiger partial charge in [-0.3, -0.25) is 4.79 Å². The van der Waals surface area contributed by atoms with Gasteiger partial charge in [0, 0.05) is 36.2 Å². The number of nitrogens with one attached hydrogen (secondary N) is 3. The van der Waals surface area contributed by atoms with E-state index in [9.17, 15) is 9.90 Å². The van der Waals surface area contributed by atoms with Crippen LogP contribution < -0.4 is 16.0 Å². The number of carbonyl (C=O) groups excluding carboxylic acids is 1. The molecule has 0 aromatic heterocycles. The average molecular weight is 589 g/mol. The molecule has 0 saturated carbocycles. The van der Waals surface area contributed by atoms with Crippen molar-refractivity contribution in [1.29, 1.82) is 0 Å². The van der Waals surface area contributed by atoms with E-state index in [0.29, 0.717) is 13.0 Å². The van der Waals surface area contributed by atoms with Crippen LogP contribution >= 0.6 is 23.2 Å². The lowest BCUT2D eigenvalue weighted by Gasteiger charge is -2.43. The van der Waals surface area contributed by atoms with E-state index in [0.717, 1.165) is 0 Å². The van der Waals surface area contributed by atoms with Gasteiger partial charge in [-0.1, -0.05) is 55.2 Å². The largest absolute Gasteiger partial charge is 0.394 e. The highest BCUT2D eigenvalue weighted by molar-refractivity contribution is 6.31. The molecule has 0 aliphatic carbocycles. The van der Waals surface area contributed by atoms with Crippen LogP contribution in [0.1, 0.15) is 43.7 Å². The average Bonchev–Trinajstić information content (AvgIpc) is 3.19. The summed E-state index contributed by atoms with van der Waals surface area (Å²) < 4.78 is 36.9. The normalized spacial score (nSPS) is 24.1. The first kappa shape index (κ1) is 31.7. The van der Waals surface area contributed by atoms with Crippen LogP contribution in [0.4, 0.5) is 8.78 Å². The Morgan fingerprint density at radius 2 is 1.97 bits per heavy atom. The lowest BCUT2D eigenvalue weighted by atomic mass is 9.67. The quantitative estimate of drug-likeness (QED) is 0.259. The molecule has 5 unspecified atom stereocenters. The summed E-state index contributed by atoms with van der Waals surface area (Å²) in [5, 5.41) is 28.4. The van der Waals surface area contributed by atoms with Crippen LogP contribution in [0.25, 0.3) is 0 Å². The second-order valence-corrected chi connectivity index (χ2v) is 11.6. The van der Waals surface area contributed by atoms with E-state index in [2.05, 4.69) is 16.0 Å². The van der Waals surface area contributed by atoms with Gasteiger partial charge in [-0.25, -0.2) is 8.78 Å². The van der Waals surface area contributed by atoms with Crippen LogP contribution in [0, 0.1) is 17.0 Å².